The molecule has 0 atom stereocenters. The van der Waals surface area contributed by atoms with Crippen LogP contribution < -0.4 is 11.3 Å². The molecule has 1 amide bonds. The van der Waals surface area contributed by atoms with Crippen LogP contribution >= 0.6 is 0 Å². The van der Waals surface area contributed by atoms with Crippen molar-refractivity contribution in [3.05, 3.63) is 57.5 Å². The Balaban J connectivity index is 2.68. The fourth-order valence-corrected chi connectivity index (χ4v) is 2.06. The number of hydrogen-bond donors (Lipinski definition) is 2. The first-order valence-electron chi connectivity index (χ1n) is 6.34. The number of aromatic nitrogens is 1. The molecule has 1 aromatic carbocycles. The molecule has 23 heavy (non-hydrogen) atoms. The van der Waals surface area contributed by atoms with Crippen molar-refractivity contribution in [1.29, 1.82) is 5.26 Å². The average Bonchev–Trinajstić information content (AvgIpc) is 2.47. The number of rotatable bonds is 3. The summed E-state index contributed by atoms with van der Waals surface area (Å²) in [6, 6.07) is 8.48. The van der Waals surface area contributed by atoms with Gasteiger partial charge in [0.2, 0.25) is 0 Å². The zero-order valence-corrected chi connectivity index (χ0v) is 11.6. The van der Waals surface area contributed by atoms with Gasteiger partial charge in [-0.05, 0) is 17.2 Å². The molecule has 8 heteroatoms. The van der Waals surface area contributed by atoms with Crippen LogP contribution in [0.1, 0.15) is 21.6 Å². The summed E-state index contributed by atoms with van der Waals surface area (Å²) < 4.78 is 39.4. The molecule has 0 spiro atoms. The second kappa shape index (κ2) is 5.96. The Morgan fingerprint density at radius 1 is 1.26 bits per heavy atom. The summed E-state index contributed by atoms with van der Waals surface area (Å²) in [5.41, 5.74) is 2.38. The molecule has 0 bridgehead atoms. The molecular formula is C15H10F3N3O2. The quantitative estimate of drug-likeness (QED) is 0.906. The topological polar surface area (TPSA) is 99.7 Å². The van der Waals surface area contributed by atoms with Crippen molar-refractivity contribution in [2.24, 2.45) is 5.73 Å². The summed E-state index contributed by atoms with van der Waals surface area (Å²) in [5.74, 6) is -1.12. The number of primary amides is 1. The average molecular weight is 321 g/mol. The molecule has 1 heterocycles. The van der Waals surface area contributed by atoms with E-state index in [2.05, 4.69) is 0 Å². The molecule has 2 aromatic rings. The summed E-state index contributed by atoms with van der Waals surface area (Å²) in [6.07, 6.45) is -4.69. The van der Waals surface area contributed by atoms with E-state index in [0.717, 1.165) is 6.07 Å². The lowest BCUT2D eigenvalue weighted by Crippen LogP contribution is -2.27. The molecular weight excluding hydrogens is 311 g/mol. The lowest BCUT2D eigenvalue weighted by atomic mass is 9.99. The third-order valence-corrected chi connectivity index (χ3v) is 3.14. The second-order valence-corrected chi connectivity index (χ2v) is 4.69. The van der Waals surface area contributed by atoms with Crippen LogP contribution in [-0.4, -0.2) is 10.9 Å². The molecule has 0 fully saturated rings. The van der Waals surface area contributed by atoms with E-state index in [0.29, 0.717) is 5.56 Å². The Labute approximate surface area is 128 Å². The molecule has 0 radical (unpaired) electrons. The van der Waals surface area contributed by atoms with Gasteiger partial charge < -0.3 is 10.7 Å². The Bertz CT molecular complexity index is 846. The number of aromatic amines is 1. The third kappa shape index (κ3) is 3.40. The molecule has 0 aliphatic rings. The number of nitrogens with one attached hydrogen (secondary N) is 1. The minimum Gasteiger partial charge on any atom is -0.365 e. The maximum atomic E-state index is 13.1. The highest BCUT2D eigenvalue weighted by molar-refractivity contribution is 5.93. The minimum absolute atomic E-state index is 0.116. The summed E-state index contributed by atoms with van der Waals surface area (Å²) in [4.78, 5) is 24.4. The van der Waals surface area contributed by atoms with E-state index in [4.69, 9.17) is 11.0 Å². The van der Waals surface area contributed by atoms with Crippen LogP contribution in [0.5, 0.6) is 0 Å². The summed E-state index contributed by atoms with van der Waals surface area (Å²) in [5, 5.41) is 8.59. The van der Waals surface area contributed by atoms with Gasteiger partial charge in [0.15, 0.2) is 0 Å². The van der Waals surface area contributed by atoms with Gasteiger partial charge in [0.25, 0.3) is 11.5 Å². The van der Waals surface area contributed by atoms with Gasteiger partial charge in [-0.2, -0.15) is 18.4 Å². The highest BCUT2D eigenvalue weighted by Crippen LogP contribution is 2.35. The number of carbonyl (C=O) groups excluding carboxylic acids is 1. The largest absolute Gasteiger partial charge is 0.431 e. The molecule has 1 aromatic heterocycles. The number of nitrogens with zero attached hydrogens (tertiary/aromatic N) is 1. The molecule has 0 saturated carbocycles. The van der Waals surface area contributed by atoms with Crippen molar-refractivity contribution in [1.82, 2.24) is 4.98 Å². The fourth-order valence-electron chi connectivity index (χ4n) is 2.06. The van der Waals surface area contributed by atoms with E-state index < -0.39 is 28.9 Å². The van der Waals surface area contributed by atoms with E-state index in [1.165, 1.54) is 24.3 Å². The first kappa shape index (κ1) is 16.3. The van der Waals surface area contributed by atoms with E-state index in [9.17, 15) is 22.8 Å². The Kier molecular flexibility index (Phi) is 4.22. The standard InChI is InChI=1S/C15H10F3N3O2/c16-15(17,18)12-10(7-11(13(20)22)14(23)21-12)9-3-1-8(2-4-9)5-6-19/h1-4,7H,5H2,(H2,20,22)(H,21,23). The molecule has 0 aliphatic carbocycles. The van der Waals surface area contributed by atoms with Crippen molar-refractivity contribution in [2.45, 2.75) is 12.6 Å². The zero-order valence-electron chi connectivity index (χ0n) is 11.6. The Morgan fingerprint density at radius 3 is 2.35 bits per heavy atom. The van der Waals surface area contributed by atoms with Crippen LogP contribution in [0.25, 0.3) is 11.1 Å². The number of carbonyl (C=O) groups is 1. The zero-order chi connectivity index (χ0) is 17.2. The molecule has 0 saturated heterocycles. The minimum atomic E-state index is -4.81. The monoisotopic (exact) mass is 321 g/mol. The molecule has 5 nitrogen and oxygen atoms in total. The van der Waals surface area contributed by atoms with E-state index in [-0.39, 0.29) is 17.5 Å². The third-order valence-electron chi connectivity index (χ3n) is 3.14. The summed E-state index contributed by atoms with van der Waals surface area (Å²) in [7, 11) is 0. The van der Waals surface area contributed by atoms with Crippen molar-refractivity contribution in [2.75, 3.05) is 0 Å². The maximum Gasteiger partial charge on any atom is 0.431 e. The predicted octanol–water partition coefficient (Wildman–Crippen LogP) is 2.23. The highest BCUT2D eigenvalue weighted by Gasteiger charge is 2.36. The molecule has 0 unspecified atom stereocenters. The van der Waals surface area contributed by atoms with Crippen molar-refractivity contribution in [3.63, 3.8) is 0 Å². The summed E-state index contributed by atoms with van der Waals surface area (Å²) in [6.45, 7) is 0. The van der Waals surface area contributed by atoms with Gasteiger partial charge >= 0.3 is 6.18 Å². The van der Waals surface area contributed by atoms with Crippen LogP contribution in [0, 0.1) is 11.3 Å². The van der Waals surface area contributed by atoms with Gasteiger partial charge in [-0.15, -0.1) is 0 Å². The van der Waals surface area contributed by atoms with Gasteiger partial charge in [-0.1, -0.05) is 24.3 Å². The van der Waals surface area contributed by atoms with Crippen molar-refractivity contribution in [3.8, 4) is 17.2 Å². The van der Waals surface area contributed by atoms with Gasteiger partial charge in [0, 0.05) is 5.56 Å². The normalized spacial score (nSPS) is 11.0. The van der Waals surface area contributed by atoms with Crippen LogP contribution in [0.4, 0.5) is 13.2 Å². The Morgan fingerprint density at radius 2 is 1.87 bits per heavy atom. The number of alkyl halides is 3. The SMILES string of the molecule is N#CCc1ccc(-c2cc(C(N)=O)c(=O)[nH]c2C(F)(F)F)cc1. The molecule has 118 valence electrons. The second-order valence-electron chi connectivity index (χ2n) is 4.69. The fraction of sp³-hybridized carbons (Fsp3) is 0.133. The number of nitrogens with two attached hydrogens (primary N) is 1. The van der Waals surface area contributed by atoms with Gasteiger partial charge in [-0.25, -0.2) is 0 Å². The lowest BCUT2D eigenvalue weighted by molar-refractivity contribution is -0.140. The van der Waals surface area contributed by atoms with Crippen LogP contribution in [0.3, 0.4) is 0 Å². The van der Waals surface area contributed by atoms with Gasteiger partial charge in [0.1, 0.15) is 11.3 Å². The number of hydrogen-bond acceptors (Lipinski definition) is 3. The van der Waals surface area contributed by atoms with Crippen LogP contribution in [0.2, 0.25) is 0 Å². The molecule has 3 N–H and O–H groups in total. The number of H-pyrrole nitrogens is 1. The first-order valence-corrected chi connectivity index (χ1v) is 6.34. The smallest absolute Gasteiger partial charge is 0.365 e. The number of nitriles is 1. The number of halogens is 3. The van der Waals surface area contributed by atoms with Crippen LogP contribution in [0.15, 0.2) is 35.1 Å². The van der Waals surface area contributed by atoms with Crippen molar-refractivity contribution < 1.29 is 18.0 Å². The predicted molar refractivity (Wildman–Crippen MR) is 75.3 cm³/mol. The van der Waals surface area contributed by atoms with E-state index >= 15 is 0 Å². The lowest BCUT2D eigenvalue weighted by Gasteiger charge is -2.13. The Hall–Kier alpha value is -3.08. The first-order chi connectivity index (χ1) is 10.7. The molecule has 2 rings (SSSR count). The van der Waals surface area contributed by atoms with E-state index in [1.807, 2.05) is 6.07 Å². The van der Waals surface area contributed by atoms with E-state index in [1.54, 1.807) is 4.98 Å². The number of benzene rings is 1. The highest BCUT2D eigenvalue weighted by atomic mass is 19.4. The molecule has 0 aliphatic heterocycles. The maximum absolute atomic E-state index is 13.1. The van der Waals surface area contributed by atoms with Gasteiger partial charge in [0.05, 0.1) is 12.5 Å². The van der Waals surface area contributed by atoms with Crippen LogP contribution in [-0.2, 0) is 12.6 Å². The summed E-state index contributed by atoms with van der Waals surface area (Å²) >= 11 is 0. The van der Waals surface area contributed by atoms with Gasteiger partial charge in [-0.3, -0.25) is 9.59 Å². The number of amides is 1. The number of pyridine rings is 1. The van der Waals surface area contributed by atoms with Crippen molar-refractivity contribution >= 4 is 5.91 Å².